The number of hydrogen-bond donors (Lipinski definition) is 1. The summed E-state index contributed by atoms with van der Waals surface area (Å²) in [5.41, 5.74) is 2.12. The zero-order valence-electron chi connectivity index (χ0n) is 21.9. The standard InChI is InChI=1S/C30H23BrN2O8/c1-13-8-22(34)20-12-19-17(24(26(20)27(13)35)14-9-21(31)28(36)23(10-14)41-2)6-7-18-25(19)30(38)32(29(18)37)15-4-3-5-16(11-15)33(39)40/h3-6,8-11,18-19,24-25,36H,7,12H2,1-2H3/t18-,19+,24-,25-/m0/s1. The molecule has 1 aliphatic heterocycles. The second-order valence-corrected chi connectivity index (χ2v) is 11.4. The SMILES string of the molecule is COc1cc([C@H]2C3=CC[C@@H]4C(=O)N(c5cccc([N+](=O)[O-])c5)C(=O)[C@@H]4[C@@H]3CC3=C2C(=O)C(C)=CC3=O)cc(Br)c1O. The largest absolute Gasteiger partial charge is 0.503 e. The number of ether oxygens (including phenoxy) is 1. The molecular formula is C30H23BrN2O8. The number of Topliss-reactive ketones (excluding diaryl/α,β-unsaturated/α-hetero) is 1. The van der Waals surface area contributed by atoms with Gasteiger partial charge in [0.1, 0.15) is 0 Å². The number of benzene rings is 2. The van der Waals surface area contributed by atoms with Gasteiger partial charge in [0.25, 0.3) is 5.69 Å². The minimum atomic E-state index is -0.823. The molecular weight excluding hydrogens is 596 g/mol. The van der Waals surface area contributed by atoms with Crippen LogP contribution in [0.2, 0.25) is 0 Å². The molecule has 11 heteroatoms. The lowest BCUT2D eigenvalue weighted by atomic mass is 9.59. The average molecular weight is 619 g/mol. The van der Waals surface area contributed by atoms with E-state index in [0.717, 1.165) is 10.5 Å². The molecule has 3 aliphatic carbocycles. The van der Waals surface area contributed by atoms with E-state index in [0.29, 0.717) is 26.8 Å². The highest BCUT2D eigenvalue weighted by Crippen LogP contribution is 2.56. The molecule has 0 saturated carbocycles. The van der Waals surface area contributed by atoms with Crippen LogP contribution in [0.25, 0.3) is 0 Å². The van der Waals surface area contributed by atoms with Crippen molar-refractivity contribution in [3.8, 4) is 11.5 Å². The number of methoxy groups -OCH3 is 1. The van der Waals surface area contributed by atoms with Crippen molar-refractivity contribution in [2.75, 3.05) is 12.0 Å². The van der Waals surface area contributed by atoms with Crippen molar-refractivity contribution in [3.63, 3.8) is 0 Å². The van der Waals surface area contributed by atoms with Crippen LogP contribution < -0.4 is 9.64 Å². The Morgan fingerprint density at radius 2 is 1.85 bits per heavy atom. The number of aromatic hydroxyl groups is 1. The molecule has 0 aromatic heterocycles. The van der Waals surface area contributed by atoms with Gasteiger partial charge in [-0.25, -0.2) is 4.90 Å². The number of hydrogen-bond acceptors (Lipinski definition) is 8. The Labute approximate surface area is 242 Å². The highest BCUT2D eigenvalue weighted by Gasteiger charge is 2.56. The number of allylic oxidation sites excluding steroid dienone is 6. The Morgan fingerprint density at radius 1 is 1.10 bits per heavy atom. The van der Waals surface area contributed by atoms with Crippen molar-refractivity contribution >= 4 is 50.7 Å². The fraction of sp³-hybridized carbons (Fsp3) is 0.267. The zero-order chi connectivity index (χ0) is 29.3. The van der Waals surface area contributed by atoms with Crippen LogP contribution in [0.1, 0.15) is 31.2 Å². The van der Waals surface area contributed by atoms with Gasteiger partial charge in [-0.3, -0.25) is 29.3 Å². The Hall–Kier alpha value is -4.38. The van der Waals surface area contributed by atoms with E-state index in [-0.39, 0.29) is 47.3 Å². The van der Waals surface area contributed by atoms with Gasteiger partial charge in [0.2, 0.25) is 11.8 Å². The summed E-state index contributed by atoms with van der Waals surface area (Å²) in [4.78, 5) is 66.2. The quantitative estimate of drug-likeness (QED) is 0.171. The second kappa shape index (κ2) is 9.62. The summed E-state index contributed by atoms with van der Waals surface area (Å²) in [5, 5.41) is 21.8. The summed E-state index contributed by atoms with van der Waals surface area (Å²) < 4.78 is 5.69. The molecule has 1 saturated heterocycles. The Bertz CT molecular complexity index is 1700. The maximum absolute atomic E-state index is 14.0. The first-order valence-corrected chi connectivity index (χ1v) is 13.7. The third-order valence-electron chi connectivity index (χ3n) is 8.47. The molecule has 0 bridgehead atoms. The van der Waals surface area contributed by atoms with Crippen molar-refractivity contribution in [3.05, 3.63) is 91.0 Å². The third-order valence-corrected chi connectivity index (χ3v) is 9.07. The van der Waals surface area contributed by atoms with Gasteiger partial charge in [0, 0.05) is 34.8 Å². The fourth-order valence-corrected chi connectivity index (χ4v) is 7.12. The minimum Gasteiger partial charge on any atom is -0.503 e. The lowest BCUT2D eigenvalue weighted by Gasteiger charge is -2.42. The van der Waals surface area contributed by atoms with Crippen molar-refractivity contribution in [2.24, 2.45) is 17.8 Å². The molecule has 4 atom stereocenters. The third kappa shape index (κ3) is 3.98. The molecule has 1 fully saturated rings. The molecule has 1 heterocycles. The van der Waals surface area contributed by atoms with Crippen LogP contribution in [0.3, 0.4) is 0 Å². The van der Waals surface area contributed by atoms with Crippen LogP contribution in [0, 0.1) is 27.9 Å². The Balaban J connectivity index is 1.49. The molecule has 0 unspecified atom stereocenters. The molecule has 1 N–H and O–H groups in total. The first-order valence-electron chi connectivity index (χ1n) is 12.9. The van der Waals surface area contributed by atoms with Crippen LogP contribution in [-0.2, 0) is 19.2 Å². The van der Waals surface area contributed by atoms with Crippen LogP contribution in [-0.4, -0.2) is 40.5 Å². The maximum Gasteiger partial charge on any atom is 0.271 e. The van der Waals surface area contributed by atoms with E-state index < -0.39 is 40.4 Å². The van der Waals surface area contributed by atoms with Gasteiger partial charge in [0.15, 0.2) is 23.1 Å². The second-order valence-electron chi connectivity index (χ2n) is 10.6. The topological polar surface area (TPSA) is 144 Å². The predicted octanol–water partition coefficient (Wildman–Crippen LogP) is 4.71. The van der Waals surface area contributed by atoms with Crippen LogP contribution in [0.5, 0.6) is 11.5 Å². The number of phenolic OH excluding ortho intramolecular Hbond substituents is 1. The lowest BCUT2D eigenvalue weighted by Crippen LogP contribution is -2.39. The van der Waals surface area contributed by atoms with Gasteiger partial charge in [-0.05, 0) is 71.5 Å². The number of ketones is 2. The molecule has 10 nitrogen and oxygen atoms in total. The molecule has 2 aromatic rings. The number of carbonyl (C=O) groups excluding carboxylic acids is 4. The van der Waals surface area contributed by atoms with Gasteiger partial charge in [-0.2, -0.15) is 0 Å². The van der Waals surface area contributed by atoms with Crippen molar-refractivity contribution in [1.82, 2.24) is 0 Å². The number of phenols is 1. The molecule has 4 aliphatic rings. The van der Waals surface area contributed by atoms with Crippen molar-refractivity contribution < 1.29 is 33.9 Å². The molecule has 6 rings (SSSR count). The highest BCUT2D eigenvalue weighted by atomic mass is 79.9. The number of nitro benzene ring substituents is 1. The smallest absolute Gasteiger partial charge is 0.271 e. The molecule has 41 heavy (non-hydrogen) atoms. The van der Waals surface area contributed by atoms with Gasteiger partial charge >= 0.3 is 0 Å². The number of carbonyl (C=O) groups is 4. The monoisotopic (exact) mass is 618 g/mol. The summed E-state index contributed by atoms with van der Waals surface area (Å²) in [6.07, 6.45) is 3.50. The molecule has 2 aromatic carbocycles. The molecule has 2 amide bonds. The number of amides is 2. The average Bonchev–Trinajstić information content (AvgIpc) is 3.21. The predicted molar refractivity (Wildman–Crippen MR) is 149 cm³/mol. The highest BCUT2D eigenvalue weighted by molar-refractivity contribution is 9.10. The summed E-state index contributed by atoms with van der Waals surface area (Å²) in [6, 6.07) is 8.65. The number of rotatable bonds is 4. The van der Waals surface area contributed by atoms with E-state index in [1.807, 2.05) is 6.08 Å². The van der Waals surface area contributed by atoms with E-state index >= 15 is 0 Å². The van der Waals surface area contributed by atoms with Crippen LogP contribution in [0.15, 0.2) is 75.3 Å². The number of fused-ring (bicyclic) bond motifs is 3. The number of imide groups is 1. The van der Waals surface area contributed by atoms with E-state index in [1.54, 1.807) is 19.1 Å². The number of non-ortho nitro benzene ring substituents is 1. The first kappa shape index (κ1) is 26.8. The van der Waals surface area contributed by atoms with E-state index in [1.165, 1.54) is 37.5 Å². The molecule has 0 radical (unpaired) electrons. The summed E-state index contributed by atoms with van der Waals surface area (Å²) >= 11 is 3.35. The first-order chi connectivity index (χ1) is 19.5. The molecule has 208 valence electrons. The van der Waals surface area contributed by atoms with E-state index in [9.17, 15) is 34.4 Å². The fourth-order valence-electron chi connectivity index (χ4n) is 6.66. The number of nitro groups is 1. The van der Waals surface area contributed by atoms with Gasteiger partial charge in [-0.15, -0.1) is 0 Å². The van der Waals surface area contributed by atoms with E-state index in [4.69, 9.17) is 4.74 Å². The van der Waals surface area contributed by atoms with Crippen molar-refractivity contribution in [1.29, 1.82) is 0 Å². The summed E-state index contributed by atoms with van der Waals surface area (Å²) in [5.74, 6) is -4.33. The Kier molecular flexibility index (Phi) is 6.29. The maximum atomic E-state index is 14.0. The number of anilines is 1. The van der Waals surface area contributed by atoms with Crippen LogP contribution in [0.4, 0.5) is 11.4 Å². The Morgan fingerprint density at radius 3 is 2.56 bits per heavy atom. The van der Waals surface area contributed by atoms with Crippen LogP contribution >= 0.6 is 15.9 Å². The van der Waals surface area contributed by atoms with Gasteiger partial charge < -0.3 is 9.84 Å². The minimum absolute atomic E-state index is 0.103. The number of halogens is 1. The van der Waals surface area contributed by atoms with Gasteiger partial charge in [0.05, 0.1) is 34.0 Å². The normalized spacial score (nSPS) is 25.4. The molecule has 0 spiro atoms. The van der Waals surface area contributed by atoms with E-state index in [2.05, 4.69) is 15.9 Å². The summed E-state index contributed by atoms with van der Waals surface area (Å²) in [7, 11) is 1.40. The number of nitrogens with zero attached hydrogens (tertiary/aromatic N) is 2. The summed E-state index contributed by atoms with van der Waals surface area (Å²) in [6.45, 7) is 1.59. The lowest BCUT2D eigenvalue weighted by molar-refractivity contribution is -0.384. The van der Waals surface area contributed by atoms with Gasteiger partial charge in [-0.1, -0.05) is 17.7 Å². The zero-order valence-corrected chi connectivity index (χ0v) is 23.5. The van der Waals surface area contributed by atoms with Crippen molar-refractivity contribution in [2.45, 2.75) is 25.7 Å².